The summed E-state index contributed by atoms with van der Waals surface area (Å²) >= 11 is 0. The molecule has 0 amide bonds. The fourth-order valence-corrected chi connectivity index (χ4v) is 0.803. The van der Waals surface area contributed by atoms with Crippen LogP contribution in [-0.2, 0) is 0 Å². The Balaban J connectivity index is 2.78. The monoisotopic (exact) mass is 151 g/mol. The molecule has 0 fully saturated rings. The smallest absolute Gasteiger partial charge is 0.194 e. The van der Waals surface area contributed by atoms with E-state index in [2.05, 4.69) is 6.92 Å². The summed E-state index contributed by atoms with van der Waals surface area (Å²) in [7, 11) is 0. The first-order valence-corrected chi connectivity index (χ1v) is 3.46. The first-order valence-electron chi connectivity index (χ1n) is 3.46. The van der Waals surface area contributed by atoms with Crippen molar-refractivity contribution in [2.24, 2.45) is 0 Å². The topological polar surface area (TPSA) is 29.5 Å². The number of aliphatic hydroxyl groups is 1. The molecule has 0 spiro atoms. The summed E-state index contributed by atoms with van der Waals surface area (Å²) in [6, 6.07) is 7.32. The van der Waals surface area contributed by atoms with Crippen LogP contribution < -0.4 is 4.74 Å². The van der Waals surface area contributed by atoms with Gasteiger partial charge in [0.25, 0.3) is 0 Å². The van der Waals surface area contributed by atoms with Crippen LogP contribution in [0.15, 0.2) is 24.3 Å². The van der Waals surface area contributed by atoms with E-state index >= 15 is 0 Å². The third-order valence-electron chi connectivity index (χ3n) is 1.27. The summed E-state index contributed by atoms with van der Waals surface area (Å²) < 4.78 is 5.04. The molecular formula is C9H11O2. The van der Waals surface area contributed by atoms with Crippen molar-refractivity contribution in [3.63, 3.8) is 0 Å². The Kier molecular flexibility index (Phi) is 2.49. The second kappa shape index (κ2) is 3.39. The van der Waals surface area contributed by atoms with Gasteiger partial charge in [-0.2, -0.15) is 0 Å². The Labute approximate surface area is 66.4 Å². The highest BCUT2D eigenvalue weighted by molar-refractivity contribution is 5.35. The maximum atomic E-state index is 8.88. The molecule has 2 nitrogen and oxygen atoms in total. The average Bonchev–Trinajstić information content (AvgIpc) is 1.93. The normalized spacial score (nSPS) is 12.6. The molecule has 0 heterocycles. The number of ether oxygens (including phenoxy) is 1. The summed E-state index contributed by atoms with van der Waals surface area (Å²) in [5.41, 5.74) is 0.786. The van der Waals surface area contributed by atoms with Crippen LogP contribution in [0.5, 0.6) is 5.75 Å². The van der Waals surface area contributed by atoms with Crippen molar-refractivity contribution in [3.8, 4) is 5.75 Å². The maximum absolute atomic E-state index is 8.88. The molecule has 0 saturated carbocycles. The van der Waals surface area contributed by atoms with Gasteiger partial charge in [0.1, 0.15) is 5.75 Å². The van der Waals surface area contributed by atoms with Gasteiger partial charge < -0.3 is 9.84 Å². The van der Waals surface area contributed by atoms with Crippen LogP contribution in [0.1, 0.15) is 12.5 Å². The lowest BCUT2D eigenvalue weighted by molar-refractivity contribution is -0.000590. The van der Waals surface area contributed by atoms with Crippen molar-refractivity contribution in [2.75, 3.05) is 0 Å². The number of hydrogen-bond acceptors (Lipinski definition) is 2. The van der Waals surface area contributed by atoms with Crippen molar-refractivity contribution in [3.05, 3.63) is 36.8 Å². The molecule has 1 unspecified atom stereocenters. The minimum absolute atomic E-state index is 0.627. The lowest BCUT2D eigenvalue weighted by Crippen LogP contribution is -2.10. The highest BCUT2D eigenvalue weighted by Gasteiger charge is 1.99. The zero-order chi connectivity index (χ0) is 8.27. The maximum Gasteiger partial charge on any atom is 0.194 e. The predicted molar refractivity (Wildman–Crippen MR) is 43.2 cm³/mol. The SMILES string of the molecule is [CH2]c1ccccc1OC(C)O. The Morgan fingerprint density at radius 3 is 2.64 bits per heavy atom. The van der Waals surface area contributed by atoms with Crippen LogP contribution in [-0.4, -0.2) is 11.4 Å². The molecule has 0 aromatic heterocycles. The summed E-state index contributed by atoms with van der Waals surface area (Å²) in [6.45, 7) is 5.30. The molecule has 0 aliphatic heterocycles. The number of aliphatic hydroxyl groups excluding tert-OH is 1. The molecule has 0 aliphatic rings. The molecule has 59 valence electrons. The molecule has 11 heavy (non-hydrogen) atoms. The molecular weight excluding hydrogens is 140 g/mol. The van der Waals surface area contributed by atoms with Gasteiger partial charge in [-0.15, -0.1) is 0 Å². The van der Waals surface area contributed by atoms with Gasteiger partial charge in [0.05, 0.1) is 0 Å². The fraction of sp³-hybridized carbons (Fsp3) is 0.222. The van der Waals surface area contributed by atoms with Crippen LogP contribution in [0.4, 0.5) is 0 Å². The molecule has 1 atom stereocenters. The summed E-state index contributed by atoms with van der Waals surface area (Å²) in [4.78, 5) is 0. The largest absolute Gasteiger partial charge is 0.465 e. The average molecular weight is 151 g/mol. The van der Waals surface area contributed by atoms with Crippen LogP contribution in [0.3, 0.4) is 0 Å². The van der Waals surface area contributed by atoms with E-state index in [4.69, 9.17) is 9.84 Å². The molecule has 2 heteroatoms. The van der Waals surface area contributed by atoms with E-state index in [1.807, 2.05) is 18.2 Å². The van der Waals surface area contributed by atoms with Gasteiger partial charge in [0.15, 0.2) is 6.29 Å². The summed E-state index contributed by atoms with van der Waals surface area (Å²) in [5.74, 6) is 0.627. The minimum atomic E-state index is -0.780. The van der Waals surface area contributed by atoms with Crippen molar-refractivity contribution >= 4 is 0 Å². The van der Waals surface area contributed by atoms with E-state index in [0.29, 0.717) is 5.75 Å². The number of para-hydroxylation sites is 1. The first kappa shape index (κ1) is 8.08. The lowest BCUT2D eigenvalue weighted by Gasteiger charge is -2.09. The van der Waals surface area contributed by atoms with Gasteiger partial charge in [-0.05, 0) is 25.5 Å². The first-order chi connectivity index (χ1) is 5.20. The van der Waals surface area contributed by atoms with Crippen molar-refractivity contribution in [1.82, 2.24) is 0 Å². The Morgan fingerprint density at radius 1 is 1.45 bits per heavy atom. The summed E-state index contributed by atoms with van der Waals surface area (Å²) in [5, 5.41) is 8.88. The van der Waals surface area contributed by atoms with E-state index in [-0.39, 0.29) is 0 Å². The van der Waals surface area contributed by atoms with Gasteiger partial charge >= 0.3 is 0 Å². The van der Waals surface area contributed by atoms with E-state index in [0.717, 1.165) is 5.56 Å². The highest BCUT2D eigenvalue weighted by Crippen LogP contribution is 2.16. The number of hydrogen-bond donors (Lipinski definition) is 1. The second-order valence-corrected chi connectivity index (χ2v) is 2.32. The van der Waals surface area contributed by atoms with Gasteiger partial charge in [-0.3, -0.25) is 0 Å². The van der Waals surface area contributed by atoms with Gasteiger partial charge in [0.2, 0.25) is 0 Å². The fourth-order valence-electron chi connectivity index (χ4n) is 0.803. The Morgan fingerprint density at radius 2 is 2.09 bits per heavy atom. The van der Waals surface area contributed by atoms with E-state index in [9.17, 15) is 0 Å². The zero-order valence-corrected chi connectivity index (χ0v) is 6.45. The van der Waals surface area contributed by atoms with E-state index in [1.54, 1.807) is 13.0 Å². The Bertz CT molecular complexity index is 231. The molecule has 1 N–H and O–H groups in total. The van der Waals surface area contributed by atoms with Gasteiger partial charge in [0, 0.05) is 0 Å². The molecule has 0 aliphatic carbocycles. The molecule has 1 radical (unpaired) electrons. The van der Waals surface area contributed by atoms with Gasteiger partial charge in [-0.1, -0.05) is 18.2 Å². The lowest BCUT2D eigenvalue weighted by atomic mass is 10.2. The third-order valence-corrected chi connectivity index (χ3v) is 1.27. The number of rotatable bonds is 2. The van der Waals surface area contributed by atoms with Crippen LogP contribution in [0.25, 0.3) is 0 Å². The second-order valence-electron chi connectivity index (χ2n) is 2.32. The van der Waals surface area contributed by atoms with Crippen LogP contribution >= 0.6 is 0 Å². The number of benzene rings is 1. The van der Waals surface area contributed by atoms with Crippen LogP contribution in [0.2, 0.25) is 0 Å². The third kappa shape index (κ3) is 2.24. The zero-order valence-electron chi connectivity index (χ0n) is 6.45. The predicted octanol–water partition coefficient (Wildman–Crippen LogP) is 1.59. The Hall–Kier alpha value is -1.02. The van der Waals surface area contributed by atoms with Crippen molar-refractivity contribution in [1.29, 1.82) is 0 Å². The minimum Gasteiger partial charge on any atom is -0.465 e. The van der Waals surface area contributed by atoms with E-state index < -0.39 is 6.29 Å². The van der Waals surface area contributed by atoms with Crippen LogP contribution in [0, 0.1) is 6.92 Å². The molecule has 1 rings (SSSR count). The summed E-state index contributed by atoms with van der Waals surface area (Å²) in [6.07, 6.45) is -0.780. The molecule has 1 aromatic rings. The van der Waals surface area contributed by atoms with E-state index in [1.165, 1.54) is 0 Å². The van der Waals surface area contributed by atoms with Gasteiger partial charge in [-0.25, -0.2) is 0 Å². The van der Waals surface area contributed by atoms with Crippen molar-refractivity contribution < 1.29 is 9.84 Å². The molecule has 0 bridgehead atoms. The quantitative estimate of drug-likeness (QED) is 0.650. The van der Waals surface area contributed by atoms with Crippen molar-refractivity contribution in [2.45, 2.75) is 13.2 Å². The molecule has 1 aromatic carbocycles. The molecule has 0 saturated heterocycles. The highest BCUT2D eigenvalue weighted by atomic mass is 16.6. The standard InChI is InChI=1S/C9H11O2/c1-7-5-3-4-6-9(7)11-8(2)10/h3-6,8,10H,1H2,2H3.